The Labute approximate surface area is 112 Å². The standard InChI is InChI=1S/C13H18ClNOS/c1-10(2)13(16)15-7-8-17-9-11-5-3-4-6-12(11)14/h3-6,10H,7-9H2,1-2H3,(H,15,16). The summed E-state index contributed by atoms with van der Waals surface area (Å²) >= 11 is 7.82. The highest BCUT2D eigenvalue weighted by Crippen LogP contribution is 2.20. The van der Waals surface area contributed by atoms with E-state index in [0.29, 0.717) is 6.54 Å². The van der Waals surface area contributed by atoms with Crippen molar-refractivity contribution in [2.45, 2.75) is 19.6 Å². The molecule has 17 heavy (non-hydrogen) atoms. The van der Waals surface area contributed by atoms with Gasteiger partial charge in [0.1, 0.15) is 0 Å². The van der Waals surface area contributed by atoms with Crippen LogP contribution in [0.4, 0.5) is 0 Å². The maximum absolute atomic E-state index is 11.3. The van der Waals surface area contributed by atoms with E-state index in [2.05, 4.69) is 5.32 Å². The first-order chi connectivity index (χ1) is 8.11. The number of thioether (sulfide) groups is 1. The molecule has 0 radical (unpaired) electrons. The number of nitrogens with one attached hydrogen (secondary N) is 1. The summed E-state index contributed by atoms with van der Waals surface area (Å²) in [5, 5.41) is 3.70. The minimum atomic E-state index is 0.0589. The van der Waals surface area contributed by atoms with Crippen molar-refractivity contribution in [2.75, 3.05) is 12.3 Å². The van der Waals surface area contributed by atoms with Gasteiger partial charge in [0.05, 0.1) is 0 Å². The van der Waals surface area contributed by atoms with Crippen molar-refractivity contribution in [2.24, 2.45) is 5.92 Å². The molecular formula is C13H18ClNOS. The lowest BCUT2D eigenvalue weighted by atomic mass is 10.2. The van der Waals surface area contributed by atoms with E-state index in [4.69, 9.17) is 11.6 Å². The van der Waals surface area contributed by atoms with Crippen LogP contribution in [0.15, 0.2) is 24.3 Å². The molecule has 1 aromatic carbocycles. The van der Waals surface area contributed by atoms with Crippen LogP contribution in [-0.4, -0.2) is 18.2 Å². The molecule has 0 saturated heterocycles. The van der Waals surface area contributed by atoms with Crippen LogP contribution in [0, 0.1) is 5.92 Å². The topological polar surface area (TPSA) is 29.1 Å². The Balaban J connectivity index is 2.17. The Morgan fingerprint density at radius 2 is 2.12 bits per heavy atom. The molecule has 1 N–H and O–H groups in total. The van der Waals surface area contributed by atoms with E-state index >= 15 is 0 Å². The van der Waals surface area contributed by atoms with E-state index in [9.17, 15) is 4.79 Å². The van der Waals surface area contributed by atoms with Crippen molar-refractivity contribution < 1.29 is 4.79 Å². The van der Waals surface area contributed by atoms with Crippen LogP contribution >= 0.6 is 23.4 Å². The monoisotopic (exact) mass is 271 g/mol. The van der Waals surface area contributed by atoms with Crippen molar-refractivity contribution in [3.8, 4) is 0 Å². The first-order valence-corrected chi connectivity index (χ1v) is 7.23. The third-order valence-corrected chi connectivity index (χ3v) is 3.66. The normalized spacial score (nSPS) is 10.6. The number of benzene rings is 1. The molecule has 0 heterocycles. The van der Waals surface area contributed by atoms with Gasteiger partial charge in [-0.2, -0.15) is 11.8 Å². The van der Waals surface area contributed by atoms with Gasteiger partial charge in [-0.1, -0.05) is 43.6 Å². The SMILES string of the molecule is CC(C)C(=O)NCCSCc1ccccc1Cl. The van der Waals surface area contributed by atoms with Crippen molar-refractivity contribution in [1.29, 1.82) is 0 Å². The van der Waals surface area contributed by atoms with Gasteiger partial charge in [-0.3, -0.25) is 4.79 Å². The van der Waals surface area contributed by atoms with E-state index in [1.54, 1.807) is 11.8 Å². The number of hydrogen-bond donors (Lipinski definition) is 1. The highest BCUT2D eigenvalue weighted by molar-refractivity contribution is 7.98. The van der Waals surface area contributed by atoms with Crippen molar-refractivity contribution in [1.82, 2.24) is 5.32 Å². The van der Waals surface area contributed by atoms with Crippen LogP contribution in [0.3, 0.4) is 0 Å². The molecule has 0 aromatic heterocycles. The maximum Gasteiger partial charge on any atom is 0.222 e. The summed E-state index contributed by atoms with van der Waals surface area (Å²) in [7, 11) is 0. The number of carbonyl (C=O) groups is 1. The van der Waals surface area contributed by atoms with E-state index in [0.717, 1.165) is 22.1 Å². The molecule has 0 fully saturated rings. The van der Waals surface area contributed by atoms with Gasteiger partial charge >= 0.3 is 0 Å². The molecule has 1 aromatic rings. The lowest BCUT2D eigenvalue weighted by Gasteiger charge is -2.07. The number of amides is 1. The minimum absolute atomic E-state index is 0.0589. The van der Waals surface area contributed by atoms with Crippen LogP contribution in [0.5, 0.6) is 0 Å². The lowest BCUT2D eigenvalue weighted by molar-refractivity contribution is -0.123. The lowest BCUT2D eigenvalue weighted by Crippen LogP contribution is -2.29. The molecule has 4 heteroatoms. The number of halogens is 1. The van der Waals surface area contributed by atoms with Gasteiger partial charge in [0, 0.05) is 29.0 Å². The molecule has 0 aliphatic rings. The number of hydrogen-bond acceptors (Lipinski definition) is 2. The van der Waals surface area contributed by atoms with Crippen LogP contribution in [-0.2, 0) is 10.5 Å². The fraction of sp³-hybridized carbons (Fsp3) is 0.462. The largest absolute Gasteiger partial charge is 0.355 e. The fourth-order valence-electron chi connectivity index (χ4n) is 1.25. The average molecular weight is 272 g/mol. The number of carbonyl (C=O) groups excluding carboxylic acids is 1. The van der Waals surface area contributed by atoms with Crippen molar-refractivity contribution in [3.05, 3.63) is 34.9 Å². The molecule has 0 aliphatic carbocycles. The Morgan fingerprint density at radius 3 is 2.76 bits per heavy atom. The summed E-state index contributed by atoms with van der Waals surface area (Å²) in [6.45, 7) is 4.50. The molecule has 1 rings (SSSR count). The van der Waals surface area contributed by atoms with E-state index in [1.807, 2.05) is 38.1 Å². The zero-order chi connectivity index (χ0) is 12.7. The molecule has 0 saturated carbocycles. The van der Waals surface area contributed by atoms with Gasteiger partial charge < -0.3 is 5.32 Å². The highest BCUT2D eigenvalue weighted by atomic mass is 35.5. The summed E-state index contributed by atoms with van der Waals surface area (Å²) in [6.07, 6.45) is 0. The summed E-state index contributed by atoms with van der Waals surface area (Å²) in [4.78, 5) is 11.3. The molecule has 0 bridgehead atoms. The van der Waals surface area contributed by atoms with Gasteiger partial charge in [-0.05, 0) is 11.6 Å². The van der Waals surface area contributed by atoms with Gasteiger partial charge in [-0.25, -0.2) is 0 Å². The third-order valence-electron chi connectivity index (χ3n) is 2.29. The molecule has 0 aliphatic heterocycles. The first kappa shape index (κ1) is 14.4. The van der Waals surface area contributed by atoms with Crippen LogP contribution < -0.4 is 5.32 Å². The number of rotatable bonds is 6. The quantitative estimate of drug-likeness (QED) is 0.804. The second kappa shape index (κ2) is 7.62. The predicted octanol–water partition coefficient (Wildman–Crippen LogP) is 3.35. The van der Waals surface area contributed by atoms with Crippen LogP contribution in [0.1, 0.15) is 19.4 Å². The van der Waals surface area contributed by atoms with Crippen LogP contribution in [0.25, 0.3) is 0 Å². The van der Waals surface area contributed by atoms with Gasteiger partial charge in [0.2, 0.25) is 5.91 Å². The zero-order valence-corrected chi connectivity index (χ0v) is 11.8. The van der Waals surface area contributed by atoms with Crippen molar-refractivity contribution >= 4 is 29.3 Å². The molecular weight excluding hydrogens is 254 g/mol. The van der Waals surface area contributed by atoms with E-state index in [1.165, 1.54) is 0 Å². The van der Waals surface area contributed by atoms with Gasteiger partial charge in [-0.15, -0.1) is 0 Å². The Bertz CT molecular complexity index is 368. The second-order valence-corrected chi connectivity index (χ2v) is 5.60. The summed E-state index contributed by atoms with van der Waals surface area (Å²) in [6, 6.07) is 7.85. The van der Waals surface area contributed by atoms with Crippen molar-refractivity contribution in [3.63, 3.8) is 0 Å². The molecule has 1 amide bonds. The average Bonchev–Trinajstić information content (AvgIpc) is 2.30. The smallest absolute Gasteiger partial charge is 0.222 e. The molecule has 2 nitrogen and oxygen atoms in total. The molecule has 94 valence electrons. The Morgan fingerprint density at radius 1 is 1.41 bits per heavy atom. The first-order valence-electron chi connectivity index (χ1n) is 5.70. The second-order valence-electron chi connectivity index (χ2n) is 4.09. The predicted molar refractivity (Wildman–Crippen MR) is 75.5 cm³/mol. The fourth-order valence-corrected chi connectivity index (χ4v) is 2.39. The Hall–Kier alpha value is -0.670. The molecule has 0 unspecified atom stereocenters. The maximum atomic E-state index is 11.3. The summed E-state index contributed by atoms with van der Waals surface area (Å²) < 4.78 is 0. The Kier molecular flexibility index (Phi) is 6.45. The van der Waals surface area contributed by atoms with Gasteiger partial charge in [0.25, 0.3) is 0 Å². The highest BCUT2D eigenvalue weighted by Gasteiger charge is 2.05. The molecule has 0 spiro atoms. The summed E-state index contributed by atoms with van der Waals surface area (Å²) in [5.41, 5.74) is 1.15. The minimum Gasteiger partial charge on any atom is -0.355 e. The van der Waals surface area contributed by atoms with E-state index < -0.39 is 0 Å². The third kappa shape index (κ3) is 5.46. The van der Waals surface area contributed by atoms with Crippen LogP contribution in [0.2, 0.25) is 5.02 Å². The van der Waals surface area contributed by atoms with E-state index in [-0.39, 0.29) is 11.8 Å². The van der Waals surface area contributed by atoms with Gasteiger partial charge in [0.15, 0.2) is 0 Å². The summed E-state index contributed by atoms with van der Waals surface area (Å²) in [5.74, 6) is 1.97. The molecule has 0 atom stereocenters. The zero-order valence-electron chi connectivity index (χ0n) is 10.2.